The lowest BCUT2D eigenvalue weighted by atomic mass is 10.1. The average Bonchev–Trinajstić information content (AvgIpc) is 3.27. The van der Waals surface area contributed by atoms with Gasteiger partial charge >= 0.3 is 0 Å². The zero-order valence-electron chi connectivity index (χ0n) is 16.0. The van der Waals surface area contributed by atoms with Crippen molar-refractivity contribution in [2.45, 2.75) is 50.2 Å². The Bertz CT molecular complexity index is 745. The molecule has 0 aliphatic carbocycles. The Kier molecular flexibility index (Phi) is 6.73. The Morgan fingerprint density at radius 2 is 1.93 bits per heavy atom. The highest BCUT2D eigenvalue weighted by Crippen LogP contribution is 2.29. The Balaban J connectivity index is 0.00000225. The van der Waals surface area contributed by atoms with Gasteiger partial charge in [0.05, 0.1) is 12.7 Å². The van der Waals surface area contributed by atoms with Crippen molar-refractivity contribution < 1.29 is 14.3 Å². The number of carbonyl (C=O) groups is 2. The second kappa shape index (κ2) is 8.89. The van der Waals surface area contributed by atoms with E-state index < -0.39 is 6.04 Å². The Morgan fingerprint density at radius 1 is 1.14 bits per heavy atom. The van der Waals surface area contributed by atoms with Crippen molar-refractivity contribution >= 4 is 35.8 Å². The summed E-state index contributed by atoms with van der Waals surface area (Å²) in [6.45, 7) is 2.10. The molecule has 3 fully saturated rings. The van der Waals surface area contributed by atoms with E-state index in [4.69, 9.17) is 16.3 Å². The van der Waals surface area contributed by atoms with Crippen LogP contribution in [0.25, 0.3) is 0 Å². The van der Waals surface area contributed by atoms with E-state index in [0.717, 1.165) is 32.4 Å². The Morgan fingerprint density at radius 3 is 2.71 bits per heavy atom. The number of fused-ring (bicyclic) bond motifs is 2. The minimum absolute atomic E-state index is 0. The number of nitrogens with one attached hydrogen (secondary N) is 1. The SMILES string of the molecule is COc1ccc(Cl)cc1C(=O)N1CCCC1C(=O)N1CCC2CCC(C1)N2.Cl. The van der Waals surface area contributed by atoms with Crippen LogP contribution in [0.15, 0.2) is 18.2 Å². The molecule has 3 atom stereocenters. The third-order valence-corrected chi connectivity index (χ3v) is 6.26. The van der Waals surface area contributed by atoms with Crippen molar-refractivity contribution in [1.29, 1.82) is 0 Å². The van der Waals surface area contributed by atoms with Gasteiger partial charge in [-0.25, -0.2) is 0 Å². The van der Waals surface area contributed by atoms with E-state index in [9.17, 15) is 9.59 Å². The van der Waals surface area contributed by atoms with Crippen LogP contribution in [0.3, 0.4) is 0 Å². The van der Waals surface area contributed by atoms with Gasteiger partial charge < -0.3 is 19.9 Å². The summed E-state index contributed by atoms with van der Waals surface area (Å²) in [5.74, 6) is 0.384. The standard InChI is InChI=1S/C20H26ClN3O3.ClH/c1-27-18-7-4-13(21)11-16(18)19(25)24-9-2-3-17(24)20(26)23-10-8-14-5-6-15(12-23)22-14;/h4,7,11,14-15,17,22H,2-3,5-6,8-10,12H2,1H3;1H. The number of likely N-dealkylation sites (tertiary alicyclic amines) is 2. The summed E-state index contributed by atoms with van der Waals surface area (Å²) < 4.78 is 5.33. The fourth-order valence-electron chi connectivity index (χ4n) is 4.62. The minimum Gasteiger partial charge on any atom is -0.496 e. The van der Waals surface area contributed by atoms with Gasteiger partial charge in [-0.2, -0.15) is 0 Å². The molecule has 0 aromatic heterocycles. The van der Waals surface area contributed by atoms with Crippen molar-refractivity contribution in [3.05, 3.63) is 28.8 Å². The zero-order chi connectivity index (χ0) is 19.0. The van der Waals surface area contributed by atoms with Gasteiger partial charge in [-0.15, -0.1) is 12.4 Å². The molecule has 0 spiro atoms. The molecule has 28 heavy (non-hydrogen) atoms. The van der Waals surface area contributed by atoms with E-state index in [1.165, 1.54) is 13.5 Å². The molecule has 154 valence electrons. The van der Waals surface area contributed by atoms with Crippen LogP contribution in [0.5, 0.6) is 5.75 Å². The molecule has 3 aliphatic heterocycles. The quantitative estimate of drug-likeness (QED) is 0.805. The number of amides is 2. The highest BCUT2D eigenvalue weighted by Gasteiger charge is 2.40. The second-order valence-corrected chi connectivity index (χ2v) is 8.15. The molecule has 3 aliphatic rings. The fourth-order valence-corrected chi connectivity index (χ4v) is 4.79. The van der Waals surface area contributed by atoms with Crippen molar-refractivity contribution in [3.8, 4) is 5.75 Å². The van der Waals surface area contributed by atoms with Crippen molar-refractivity contribution in [2.75, 3.05) is 26.7 Å². The Hall–Kier alpha value is -1.50. The fraction of sp³-hybridized carbons (Fsp3) is 0.600. The first-order chi connectivity index (χ1) is 13.1. The summed E-state index contributed by atoms with van der Waals surface area (Å²) in [7, 11) is 1.53. The number of nitrogens with zero attached hydrogens (tertiary/aromatic N) is 2. The van der Waals surface area contributed by atoms with Crippen LogP contribution < -0.4 is 10.1 Å². The van der Waals surface area contributed by atoms with Crippen LogP contribution in [0, 0.1) is 0 Å². The van der Waals surface area contributed by atoms with Gasteiger partial charge in [0.25, 0.3) is 5.91 Å². The van der Waals surface area contributed by atoms with Gasteiger partial charge in [0.1, 0.15) is 11.8 Å². The maximum atomic E-state index is 13.2. The normalized spacial score (nSPS) is 26.6. The van der Waals surface area contributed by atoms with Crippen molar-refractivity contribution in [3.63, 3.8) is 0 Å². The molecular formula is C20H27Cl2N3O3. The van der Waals surface area contributed by atoms with Gasteiger partial charge in [0, 0.05) is 36.7 Å². The molecule has 2 bridgehead atoms. The zero-order valence-corrected chi connectivity index (χ0v) is 17.6. The Labute approximate surface area is 176 Å². The minimum atomic E-state index is -0.391. The van der Waals surface area contributed by atoms with Gasteiger partial charge in [-0.05, 0) is 50.3 Å². The lowest BCUT2D eigenvalue weighted by Crippen LogP contribution is -2.50. The molecule has 0 saturated carbocycles. The summed E-state index contributed by atoms with van der Waals surface area (Å²) in [5.41, 5.74) is 0.418. The van der Waals surface area contributed by atoms with Crippen LogP contribution in [0.2, 0.25) is 5.02 Å². The third-order valence-electron chi connectivity index (χ3n) is 6.03. The molecule has 6 nitrogen and oxygen atoms in total. The lowest BCUT2D eigenvalue weighted by Gasteiger charge is -2.31. The number of hydrogen-bond donors (Lipinski definition) is 1. The first-order valence-corrected chi connectivity index (χ1v) is 10.1. The van der Waals surface area contributed by atoms with Gasteiger partial charge in [0.15, 0.2) is 0 Å². The summed E-state index contributed by atoms with van der Waals surface area (Å²) in [5, 5.41) is 4.09. The van der Waals surface area contributed by atoms with Crippen LogP contribution in [0.4, 0.5) is 0 Å². The molecule has 3 unspecified atom stereocenters. The molecule has 8 heteroatoms. The van der Waals surface area contributed by atoms with Crippen molar-refractivity contribution in [2.24, 2.45) is 0 Å². The first kappa shape index (κ1) is 21.2. The maximum Gasteiger partial charge on any atom is 0.258 e. The number of rotatable bonds is 3. The van der Waals surface area contributed by atoms with Crippen LogP contribution in [0.1, 0.15) is 42.5 Å². The number of hydrogen-bond acceptors (Lipinski definition) is 4. The predicted octanol–water partition coefficient (Wildman–Crippen LogP) is 2.73. The number of benzene rings is 1. The molecule has 4 rings (SSSR count). The van der Waals surface area contributed by atoms with Crippen LogP contribution in [-0.2, 0) is 4.79 Å². The summed E-state index contributed by atoms with van der Waals surface area (Å²) in [6.07, 6.45) is 4.87. The molecule has 3 saturated heterocycles. The molecular weight excluding hydrogens is 401 g/mol. The van der Waals surface area contributed by atoms with Gasteiger partial charge in [-0.1, -0.05) is 11.6 Å². The molecule has 1 aromatic carbocycles. The monoisotopic (exact) mass is 427 g/mol. The highest BCUT2D eigenvalue weighted by molar-refractivity contribution is 6.31. The molecule has 3 heterocycles. The summed E-state index contributed by atoms with van der Waals surface area (Å²) >= 11 is 6.09. The number of ether oxygens (including phenoxy) is 1. The van der Waals surface area contributed by atoms with Crippen LogP contribution >= 0.6 is 24.0 Å². The summed E-state index contributed by atoms with van der Waals surface area (Å²) in [4.78, 5) is 30.1. The third kappa shape index (κ3) is 4.09. The van der Waals surface area contributed by atoms with E-state index >= 15 is 0 Å². The topological polar surface area (TPSA) is 61.9 Å². The smallest absolute Gasteiger partial charge is 0.258 e. The van der Waals surface area contributed by atoms with E-state index in [0.29, 0.717) is 41.4 Å². The number of halogens is 2. The van der Waals surface area contributed by atoms with E-state index in [2.05, 4.69) is 5.32 Å². The average molecular weight is 428 g/mol. The van der Waals surface area contributed by atoms with E-state index in [1.807, 2.05) is 4.90 Å². The second-order valence-electron chi connectivity index (χ2n) is 7.71. The molecule has 0 radical (unpaired) electrons. The summed E-state index contributed by atoms with van der Waals surface area (Å²) in [6, 6.07) is 5.54. The van der Waals surface area contributed by atoms with Crippen molar-refractivity contribution in [1.82, 2.24) is 15.1 Å². The van der Waals surface area contributed by atoms with E-state index in [1.54, 1.807) is 23.1 Å². The highest BCUT2D eigenvalue weighted by atomic mass is 35.5. The van der Waals surface area contributed by atoms with Gasteiger partial charge in [0.2, 0.25) is 5.91 Å². The molecule has 1 aromatic rings. The van der Waals surface area contributed by atoms with Crippen LogP contribution in [-0.4, -0.2) is 66.5 Å². The van der Waals surface area contributed by atoms with E-state index in [-0.39, 0.29) is 24.2 Å². The largest absolute Gasteiger partial charge is 0.496 e. The maximum absolute atomic E-state index is 13.2. The predicted molar refractivity (Wildman–Crippen MR) is 110 cm³/mol. The first-order valence-electron chi connectivity index (χ1n) is 9.76. The number of carbonyl (C=O) groups excluding carboxylic acids is 2. The van der Waals surface area contributed by atoms with Gasteiger partial charge in [-0.3, -0.25) is 9.59 Å². The molecule has 2 amide bonds. The number of methoxy groups -OCH3 is 1. The molecule has 1 N–H and O–H groups in total. The lowest BCUT2D eigenvalue weighted by molar-refractivity contribution is -0.135.